The molecule has 1 aromatic heterocycles. The Labute approximate surface area is 114 Å². The number of hydrogen-bond acceptors (Lipinski definition) is 3. The van der Waals surface area contributed by atoms with Crippen molar-refractivity contribution in [2.75, 3.05) is 13.7 Å². The lowest BCUT2D eigenvalue weighted by Crippen LogP contribution is -2.08. The second-order valence-electron chi connectivity index (χ2n) is 4.77. The van der Waals surface area contributed by atoms with E-state index in [4.69, 9.17) is 10.5 Å². The van der Waals surface area contributed by atoms with Gasteiger partial charge in [-0.15, -0.1) is 0 Å². The minimum Gasteiger partial charge on any atom is -0.496 e. The SMILES string of the molecule is COc1ccc(-c2nn(C)c(CCN)c2C)cc1C. The predicted octanol–water partition coefficient (Wildman–Crippen LogP) is 2.21. The topological polar surface area (TPSA) is 53.1 Å². The van der Waals surface area contributed by atoms with E-state index < -0.39 is 0 Å². The van der Waals surface area contributed by atoms with Crippen molar-refractivity contribution in [2.24, 2.45) is 12.8 Å². The molecule has 4 heteroatoms. The van der Waals surface area contributed by atoms with E-state index >= 15 is 0 Å². The highest BCUT2D eigenvalue weighted by Crippen LogP contribution is 2.28. The quantitative estimate of drug-likeness (QED) is 0.916. The predicted molar refractivity (Wildman–Crippen MR) is 77.4 cm³/mol. The summed E-state index contributed by atoms with van der Waals surface area (Å²) in [5, 5.41) is 4.62. The fourth-order valence-corrected chi connectivity index (χ4v) is 2.45. The van der Waals surface area contributed by atoms with Crippen molar-refractivity contribution in [3.05, 3.63) is 35.0 Å². The molecular weight excluding hydrogens is 238 g/mol. The number of aryl methyl sites for hydroxylation is 2. The second kappa shape index (κ2) is 5.45. The van der Waals surface area contributed by atoms with Gasteiger partial charge in [0.15, 0.2) is 0 Å². The minimum absolute atomic E-state index is 0.640. The first-order valence-corrected chi connectivity index (χ1v) is 6.46. The Bertz CT molecular complexity index is 587. The van der Waals surface area contributed by atoms with Crippen LogP contribution in [0.5, 0.6) is 5.75 Å². The molecule has 2 N–H and O–H groups in total. The molecule has 102 valence electrons. The molecule has 4 nitrogen and oxygen atoms in total. The largest absolute Gasteiger partial charge is 0.496 e. The number of rotatable bonds is 4. The van der Waals surface area contributed by atoms with Crippen LogP contribution in [0, 0.1) is 13.8 Å². The van der Waals surface area contributed by atoms with Gasteiger partial charge < -0.3 is 10.5 Å². The summed E-state index contributed by atoms with van der Waals surface area (Å²) < 4.78 is 7.22. The molecule has 0 unspecified atom stereocenters. The average Bonchev–Trinajstić information content (AvgIpc) is 2.67. The first-order valence-electron chi connectivity index (χ1n) is 6.46. The van der Waals surface area contributed by atoms with Crippen molar-refractivity contribution in [1.29, 1.82) is 0 Å². The zero-order chi connectivity index (χ0) is 14.0. The van der Waals surface area contributed by atoms with Gasteiger partial charge in [-0.3, -0.25) is 4.68 Å². The third kappa shape index (κ3) is 2.49. The summed E-state index contributed by atoms with van der Waals surface area (Å²) in [4.78, 5) is 0. The van der Waals surface area contributed by atoms with Crippen molar-refractivity contribution in [2.45, 2.75) is 20.3 Å². The van der Waals surface area contributed by atoms with E-state index in [-0.39, 0.29) is 0 Å². The van der Waals surface area contributed by atoms with E-state index in [0.717, 1.165) is 29.0 Å². The van der Waals surface area contributed by atoms with E-state index in [9.17, 15) is 0 Å². The van der Waals surface area contributed by atoms with Gasteiger partial charge in [0.2, 0.25) is 0 Å². The highest BCUT2D eigenvalue weighted by molar-refractivity contribution is 5.66. The Hall–Kier alpha value is -1.81. The molecule has 0 aliphatic rings. The summed E-state index contributed by atoms with van der Waals surface area (Å²) in [6.07, 6.45) is 0.852. The number of aromatic nitrogens is 2. The van der Waals surface area contributed by atoms with Crippen LogP contribution in [0.15, 0.2) is 18.2 Å². The van der Waals surface area contributed by atoms with Crippen LogP contribution in [0.4, 0.5) is 0 Å². The average molecular weight is 259 g/mol. The van der Waals surface area contributed by atoms with Gasteiger partial charge in [-0.25, -0.2) is 0 Å². The third-order valence-electron chi connectivity index (χ3n) is 3.48. The van der Waals surface area contributed by atoms with Crippen molar-refractivity contribution in [3.8, 4) is 17.0 Å². The number of nitrogens with two attached hydrogens (primary N) is 1. The van der Waals surface area contributed by atoms with Crippen LogP contribution < -0.4 is 10.5 Å². The van der Waals surface area contributed by atoms with Gasteiger partial charge in [0.1, 0.15) is 5.75 Å². The molecule has 0 saturated heterocycles. The lowest BCUT2D eigenvalue weighted by molar-refractivity contribution is 0.412. The molecule has 0 spiro atoms. The van der Waals surface area contributed by atoms with Crippen LogP contribution in [0.2, 0.25) is 0 Å². The van der Waals surface area contributed by atoms with Gasteiger partial charge in [-0.05, 0) is 49.7 Å². The van der Waals surface area contributed by atoms with E-state index in [1.165, 1.54) is 11.3 Å². The summed E-state index contributed by atoms with van der Waals surface area (Å²) in [6.45, 7) is 4.79. The normalized spacial score (nSPS) is 10.8. The smallest absolute Gasteiger partial charge is 0.121 e. The summed E-state index contributed by atoms with van der Waals surface area (Å²) in [7, 11) is 3.66. The minimum atomic E-state index is 0.640. The first kappa shape index (κ1) is 13.6. The molecule has 0 saturated carbocycles. The van der Waals surface area contributed by atoms with Crippen LogP contribution in [0.25, 0.3) is 11.3 Å². The maximum Gasteiger partial charge on any atom is 0.121 e. The zero-order valence-electron chi connectivity index (χ0n) is 12.0. The molecule has 2 aromatic rings. The molecule has 1 heterocycles. The van der Waals surface area contributed by atoms with Crippen molar-refractivity contribution >= 4 is 0 Å². The Morgan fingerprint density at radius 1 is 1.32 bits per heavy atom. The lowest BCUT2D eigenvalue weighted by Gasteiger charge is -2.06. The van der Waals surface area contributed by atoms with Gasteiger partial charge in [0.05, 0.1) is 12.8 Å². The molecule has 0 fully saturated rings. The highest BCUT2D eigenvalue weighted by atomic mass is 16.5. The summed E-state index contributed by atoms with van der Waals surface area (Å²) >= 11 is 0. The fraction of sp³-hybridized carbons (Fsp3) is 0.400. The third-order valence-corrected chi connectivity index (χ3v) is 3.48. The molecule has 0 amide bonds. The Morgan fingerprint density at radius 2 is 2.05 bits per heavy atom. The standard InChI is InChI=1S/C15H21N3O/c1-10-9-12(5-6-14(10)19-4)15-11(2)13(7-8-16)18(3)17-15/h5-6,9H,7-8,16H2,1-4H3. The molecule has 0 atom stereocenters. The summed E-state index contributed by atoms with van der Waals surface area (Å²) in [5.74, 6) is 0.902. The van der Waals surface area contributed by atoms with Crippen LogP contribution in [0.3, 0.4) is 0 Å². The van der Waals surface area contributed by atoms with Gasteiger partial charge >= 0.3 is 0 Å². The monoisotopic (exact) mass is 259 g/mol. The van der Waals surface area contributed by atoms with Crippen LogP contribution in [0.1, 0.15) is 16.8 Å². The summed E-state index contributed by atoms with van der Waals surface area (Å²) in [5.41, 5.74) is 11.3. The second-order valence-corrected chi connectivity index (χ2v) is 4.77. The molecular formula is C15H21N3O. The highest BCUT2D eigenvalue weighted by Gasteiger charge is 2.14. The van der Waals surface area contributed by atoms with Gasteiger partial charge in [0.25, 0.3) is 0 Å². The Balaban J connectivity index is 2.47. The molecule has 0 bridgehead atoms. The fourth-order valence-electron chi connectivity index (χ4n) is 2.45. The number of methoxy groups -OCH3 is 1. The van der Waals surface area contributed by atoms with E-state index in [1.54, 1.807) is 7.11 Å². The van der Waals surface area contributed by atoms with Crippen LogP contribution >= 0.6 is 0 Å². The number of nitrogens with zero attached hydrogens (tertiary/aromatic N) is 2. The van der Waals surface area contributed by atoms with Gasteiger partial charge in [-0.1, -0.05) is 0 Å². The number of benzene rings is 1. The van der Waals surface area contributed by atoms with Crippen molar-refractivity contribution < 1.29 is 4.74 Å². The molecule has 0 aliphatic heterocycles. The maximum absolute atomic E-state index is 5.65. The lowest BCUT2D eigenvalue weighted by atomic mass is 10.0. The maximum atomic E-state index is 5.65. The zero-order valence-corrected chi connectivity index (χ0v) is 12.0. The number of hydrogen-bond donors (Lipinski definition) is 1. The Kier molecular flexibility index (Phi) is 3.90. The molecule has 2 rings (SSSR count). The Morgan fingerprint density at radius 3 is 2.63 bits per heavy atom. The first-order chi connectivity index (χ1) is 9.08. The van der Waals surface area contributed by atoms with E-state index in [1.807, 2.05) is 30.8 Å². The molecule has 1 aromatic carbocycles. The van der Waals surface area contributed by atoms with Gasteiger partial charge in [-0.2, -0.15) is 5.10 Å². The van der Waals surface area contributed by atoms with Crippen molar-refractivity contribution in [3.63, 3.8) is 0 Å². The van der Waals surface area contributed by atoms with Gasteiger partial charge in [0, 0.05) is 24.7 Å². The van der Waals surface area contributed by atoms with Crippen molar-refractivity contribution in [1.82, 2.24) is 9.78 Å². The van der Waals surface area contributed by atoms with Crippen LogP contribution in [-0.4, -0.2) is 23.4 Å². The van der Waals surface area contributed by atoms with E-state index in [0.29, 0.717) is 6.54 Å². The molecule has 0 aliphatic carbocycles. The summed E-state index contributed by atoms with van der Waals surface area (Å²) in [6, 6.07) is 6.15. The van der Waals surface area contributed by atoms with E-state index in [2.05, 4.69) is 18.1 Å². The van der Waals surface area contributed by atoms with Crippen LogP contribution in [-0.2, 0) is 13.5 Å². The molecule has 0 radical (unpaired) electrons. The number of ether oxygens (including phenoxy) is 1. The molecule has 19 heavy (non-hydrogen) atoms.